The zero-order valence-corrected chi connectivity index (χ0v) is 14.2. The van der Waals surface area contributed by atoms with E-state index in [4.69, 9.17) is 9.47 Å². The van der Waals surface area contributed by atoms with Crippen molar-refractivity contribution in [2.45, 2.75) is 19.6 Å². The molecule has 1 aromatic carbocycles. The average Bonchev–Trinajstić information content (AvgIpc) is 2.65. The van der Waals surface area contributed by atoms with E-state index in [2.05, 4.69) is 28.6 Å². The van der Waals surface area contributed by atoms with E-state index in [0.717, 1.165) is 37.2 Å². The normalized spacial score (nSPS) is 13.8. The Morgan fingerprint density at radius 1 is 1.16 bits per heavy atom. The molecule has 0 fully saturated rings. The third-order valence-corrected chi connectivity index (χ3v) is 4.15. The first-order chi connectivity index (χ1) is 12.3. The monoisotopic (exact) mass is 338 g/mol. The van der Waals surface area contributed by atoms with Gasteiger partial charge in [-0.3, -0.25) is 9.88 Å². The van der Waals surface area contributed by atoms with Crippen molar-refractivity contribution in [3.63, 3.8) is 0 Å². The molecule has 2 heterocycles. The highest BCUT2D eigenvalue weighted by Crippen LogP contribution is 2.24. The average molecular weight is 338 g/mol. The van der Waals surface area contributed by atoms with Gasteiger partial charge in [0.2, 0.25) is 0 Å². The first-order valence-electron chi connectivity index (χ1n) is 8.37. The van der Waals surface area contributed by atoms with Crippen molar-refractivity contribution in [1.82, 2.24) is 9.88 Å². The number of aromatic nitrogens is 1. The molecule has 0 aliphatic carbocycles. The minimum absolute atomic E-state index is 0.401. The molecular weight excluding hydrogens is 316 g/mol. The molecule has 2 aromatic rings. The molecule has 5 nitrogen and oxygen atoms in total. The Bertz CT molecular complexity index is 728. The number of ether oxygens (including phenoxy) is 2. The Hall–Kier alpha value is -2.66. The summed E-state index contributed by atoms with van der Waals surface area (Å²) < 4.78 is 11.3. The smallest absolute Gasteiger partial charge is 0.138 e. The second-order valence-electron chi connectivity index (χ2n) is 5.96. The van der Waals surface area contributed by atoms with Gasteiger partial charge in [-0.2, -0.15) is 0 Å². The van der Waals surface area contributed by atoms with Crippen molar-refractivity contribution in [3.8, 4) is 11.5 Å². The van der Waals surface area contributed by atoms with Crippen molar-refractivity contribution < 1.29 is 14.3 Å². The van der Waals surface area contributed by atoms with E-state index >= 15 is 0 Å². The van der Waals surface area contributed by atoms with Crippen LogP contribution < -0.4 is 9.47 Å². The van der Waals surface area contributed by atoms with E-state index < -0.39 is 0 Å². The van der Waals surface area contributed by atoms with Gasteiger partial charge < -0.3 is 14.3 Å². The van der Waals surface area contributed by atoms with Crippen LogP contribution in [-0.4, -0.2) is 35.9 Å². The summed E-state index contributed by atoms with van der Waals surface area (Å²) in [5.74, 6) is 1.54. The van der Waals surface area contributed by atoms with Gasteiger partial charge in [-0.05, 0) is 41.8 Å². The molecule has 5 heteroatoms. The largest absolute Gasteiger partial charge is 0.488 e. The molecule has 130 valence electrons. The number of carbonyl (C=O) groups is 1. The van der Waals surface area contributed by atoms with E-state index in [0.29, 0.717) is 25.5 Å². The molecule has 1 aliphatic rings. The summed E-state index contributed by atoms with van der Waals surface area (Å²) >= 11 is 0. The summed E-state index contributed by atoms with van der Waals surface area (Å²) in [5.41, 5.74) is 3.40. The lowest BCUT2D eigenvalue weighted by Crippen LogP contribution is -2.31. The second kappa shape index (κ2) is 8.44. The number of benzene rings is 1. The molecule has 0 spiro atoms. The van der Waals surface area contributed by atoms with Gasteiger partial charge in [0, 0.05) is 13.1 Å². The van der Waals surface area contributed by atoms with Crippen LogP contribution >= 0.6 is 0 Å². The summed E-state index contributed by atoms with van der Waals surface area (Å²) in [6.45, 7) is 6.68. The van der Waals surface area contributed by atoms with Crippen LogP contribution in [0, 0.1) is 0 Å². The number of pyridine rings is 1. The zero-order valence-electron chi connectivity index (χ0n) is 14.2. The molecule has 0 unspecified atom stereocenters. The summed E-state index contributed by atoms with van der Waals surface area (Å²) in [7, 11) is 0. The van der Waals surface area contributed by atoms with Crippen LogP contribution in [0.15, 0.2) is 49.2 Å². The highest BCUT2D eigenvalue weighted by atomic mass is 16.5. The Labute approximate surface area is 147 Å². The lowest BCUT2D eigenvalue weighted by molar-refractivity contribution is -0.109. The molecule has 0 saturated carbocycles. The van der Waals surface area contributed by atoms with E-state index in [1.165, 1.54) is 11.1 Å². The highest BCUT2D eigenvalue weighted by Gasteiger charge is 2.16. The van der Waals surface area contributed by atoms with Gasteiger partial charge >= 0.3 is 0 Å². The number of hydrogen-bond acceptors (Lipinski definition) is 5. The number of fused-ring (bicyclic) bond motifs is 1. The SMILES string of the molecule is C=CCOc1ccc(COc2ccc3c(c2)CN(CC=O)CC3)nc1. The Morgan fingerprint density at radius 3 is 2.80 bits per heavy atom. The molecule has 3 rings (SSSR count). The van der Waals surface area contributed by atoms with Crippen LogP contribution in [0.4, 0.5) is 0 Å². The lowest BCUT2D eigenvalue weighted by Gasteiger charge is -2.27. The third kappa shape index (κ3) is 4.67. The fourth-order valence-electron chi connectivity index (χ4n) is 2.84. The van der Waals surface area contributed by atoms with E-state index in [-0.39, 0.29) is 0 Å². The van der Waals surface area contributed by atoms with Crippen LogP contribution in [0.3, 0.4) is 0 Å². The maximum absolute atomic E-state index is 10.7. The third-order valence-electron chi connectivity index (χ3n) is 4.15. The predicted octanol–water partition coefficient (Wildman–Crippen LogP) is 2.78. The molecule has 0 saturated heterocycles. The summed E-state index contributed by atoms with van der Waals surface area (Å²) in [6.07, 6.45) is 5.31. The quantitative estimate of drug-likeness (QED) is 0.547. The lowest BCUT2D eigenvalue weighted by atomic mass is 9.99. The second-order valence-corrected chi connectivity index (χ2v) is 5.96. The molecule has 0 bridgehead atoms. The Balaban J connectivity index is 1.59. The minimum atomic E-state index is 0.401. The van der Waals surface area contributed by atoms with Gasteiger partial charge in [0.15, 0.2) is 0 Å². The standard InChI is InChI=1S/C20H22N2O3/c1-2-11-24-20-6-4-18(21-13-20)15-25-19-5-3-16-7-8-22(9-10-23)14-17(16)12-19/h2-6,10,12-13H,1,7-9,11,14-15H2. The summed E-state index contributed by atoms with van der Waals surface area (Å²) in [5, 5.41) is 0. The van der Waals surface area contributed by atoms with Crippen LogP contribution in [0.2, 0.25) is 0 Å². The van der Waals surface area contributed by atoms with Gasteiger partial charge in [0.25, 0.3) is 0 Å². The highest BCUT2D eigenvalue weighted by molar-refractivity contribution is 5.52. The van der Waals surface area contributed by atoms with Crippen molar-refractivity contribution >= 4 is 6.29 Å². The van der Waals surface area contributed by atoms with Gasteiger partial charge in [-0.1, -0.05) is 18.7 Å². The van der Waals surface area contributed by atoms with E-state index in [1.807, 2.05) is 18.2 Å². The fourth-order valence-corrected chi connectivity index (χ4v) is 2.84. The molecule has 25 heavy (non-hydrogen) atoms. The molecule has 0 amide bonds. The summed E-state index contributed by atoms with van der Waals surface area (Å²) in [4.78, 5) is 17.2. The van der Waals surface area contributed by atoms with Gasteiger partial charge in [-0.25, -0.2) is 0 Å². The van der Waals surface area contributed by atoms with E-state index in [1.54, 1.807) is 12.3 Å². The van der Waals surface area contributed by atoms with Gasteiger partial charge in [0.1, 0.15) is 31.0 Å². The van der Waals surface area contributed by atoms with Crippen LogP contribution in [0.1, 0.15) is 16.8 Å². The first-order valence-corrected chi connectivity index (χ1v) is 8.37. The van der Waals surface area contributed by atoms with E-state index in [9.17, 15) is 4.79 Å². The zero-order chi connectivity index (χ0) is 17.5. The number of rotatable bonds is 8. The minimum Gasteiger partial charge on any atom is -0.488 e. The molecule has 0 radical (unpaired) electrons. The number of aldehydes is 1. The fraction of sp³-hybridized carbons (Fsp3) is 0.300. The Kier molecular flexibility index (Phi) is 5.80. The maximum atomic E-state index is 10.7. The summed E-state index contributed by atoms with van der Waals surface area (Å²) in [6, 6.07) is 9.94. The van der Waals surface area contributed by atoms with Gasteiger partial charge in [-0.15, -0.1) is 0 Å². The van der Waals surface area contributed by atoms with Crippen LogP contribution in [0.25, 0.3) is 0 Å². The van der Waals surface area contributed by atoms with Crippen molar-refractivity contribution in [3.05, 3.63) is 66.0 Å². The van der Waals surface area contributed by atoms with Gasteiger partial charge in [0.05, 0.1) is 18.4 Å². The molecule has 1 aliphatic heterocycles. The molecule has 0 N–H and O–H groups in total. The molecule has 0 atom stereocenters. The van der Waals surface area contributed by atoms with Crippen molar-refractivity contribution in [1.29, 1.82) is 0 Å². The topological polar surface area (TPSA) is 51.7 Å². The predicted molar refractivity (Wildman–Crippen MR) is 95.7 cm³/mol. The van der Waals surface area contributed by atoms with Crippen LogP contribution in [0.5, 0.6) is 11.5 Å². The molecule has 1 aromatic heterocycles. The van der Waals surface area contributed by atoms with Crippen molar-refractivity contribution in [2.75, 3.05) is 19.7 Å². The Morgan fingerprint density at radius 2 is 2.04 bits per heavy atom. The number of hydrogen-bond donors (Lipinski definition) is 0. The van der Waals surface area contributed by atoms with Crippen molar-refractivity contribution in [2.24, 2.45) is 0 Å². The number of nitrogens with zero attached hydrogens (tertiary/aromatic N) is 2. The maximum Gasteiger partial charge on any atom is 0.138 e. The number of carbonyl (C=O) groups excluding carboxylic acids is 1. The van der Waals surface area contributed by atoms with Crippen LogP contribution in [-0.2, 0) is 24.4 Å². The molecular formula is C20H22N2O3. The first kappa shape index (κ1) is 17.2.